The average Bonchev–Trinajstić information content (AvgIpc) is 3.05. The molecule has 0 radical (unpaired) electrons. The number of aromatic nitrogens is 3. The molecule has 0 saturated heterocycles. The van der Waals surface area contributed by atoms with Crippen molar-refractivity contribution in [2.45, 2.75) is 0 Å². The maximum Gasteiger partial charge on any atom is 0.259 e. The van der Waals surface area contributed by atoms with E-state index in [9.17, 15) is 4.79 Å². The van der Waals surface area contributed by atoms with Gasteiger partial charge in [-0.2, -0.15) is 5.10 Å². The molecule has 0 spiro atoms. The summed E-state index contributed by atoms with van der Waals surface area (Å²) in [5, 5.41) is 5.24. The molecule has 2 aromatic carbocycles. The monoisotopic (exact) mass is 321 g/mol. The van der Waals surface area contributed by atoms with Crippen molar-refractivity contribution in [2.75, 3.05) is 14.2 Å². The van der Waals surface area contributed by atoms with Crippen LogP contribution in [0, 0.1) is 0 Å². The maximum absolute atomic E-state index is 12.2. The van der Waals surface area contributed by atoms with Crippen LogP contribution in [-0.2, 0) is 0 Å². The van der Waals surface area contributed by atoms with E-state index >= 15 is 0 Å². The number of benzene rings is 2. The minimum atomic E-state index is -0.132. The molecule has 0 aliphatic heterocycles. The molecule has 0 saturated carbocycles. The van der Waals surface area contributed by atoms with Gasteiger partial charge in [-0.3, -0.25) is 4.79 Å². The second-order valence-electron chi connectivity index (χ2n) is 5.40. The van der Waals surface area contributed by atoms with E-state index in [1.807, 2.05) is 36.4 Å². The van der Waals surface area contributed by atoms with Crippen LogP contribution in [0.1, 0.15) is 0 Å². The fraction of sp³-hybridized carbons (Fsp3) is 0.111. The van der Waals surface area contributed by atoms with Crippen LogP contribution in [0.15, 0.2) is 53.3 Å². The normalized spacial score (nSPS) is 11.1. The van der Waals surface area contributed by atoms with Crippen molar-refractivity contribution in [3.8, 4) is 22.8 Å². The summed E-state index contributed by atoms with van der Waals surface area (Å²) in [6, 6.07) is 14.8. The van der Waals surface area contributed by atoms with Crippen LogP contribution in [0.2, 0.25) is 0 Å². The molecule has 2 aromatic heterocycles. The van der Waals surface area contributed by atoms with E-state index in [1.165, 1.54) is 0 Å². The van der Waals surface area contributed by atoms with Crippen molar-refractivity contribution in [2.24, 2.45) is 0 Å². The summed E-state index contributed by atoms with van der Waals surface area (Å²) < 4.78 is 12.4. The first kappa shape index (κ1) is 14.3. The summed E-state index contributed by atoms with van der Waals surface area (Å²) in [6.45, 7) is 0. The number of fused-ring (bicyclic) bond motifs is 3. The van der Waals surface area contributed by atoms with Crippen LogP contribution in [0.3, 0.4) is 0 Å². The number of methoxy groups -OCH3 is 2. The predicted molar refractivity (Wildman–Crippen MR) is 91.9 cm³/mol. The molecule has 2 heterocycles. The van der Waals surface area contributed by atoms with E-state index in [0.717, 1.165) is 16.8 Å². The average molecular weight is 321 g/mol. The van der Waals surface area contributed by atoms with Crippen LogP contribution in [0.5, 0.6) is 11.5 Å². The number of ether oxygens (including phenoxy) is 2. The number of hydrogen-bond donors (Lipinski definition) is 1. The minimum absolute atomic E-state index is 0.132. The highest BCUT2D eigenvalue weighted by Gasteiger charge is 2.11. The lowest BCUT2D eigenvalue weighted by atomic mass is 10.1. The zero-order valence-electron chi connectivity index (χ0n) is 13.2. The maximum atomic E-state index is 12.2. The van der Waals surface area contributed by atoms with Gasteiger partial charge in [0.1, 0.15) is 17.1 Å². The molecule has 1 N–H and O–H groups in total. The van der Waals surface area contributed by atoms with E-state index in [4.69, 9.17) is 9.47 Å². The summed E-state index contributed by atoms with van der Waals surface area (Å²) in [4.78, 5) is 15.1. The second-order valence-corrected chi connectivity index (χ2v) is 5.40. The van der Waals surface area contributed by atoms with Crippen molar-refractivity contribution in [3.05, 3.63) is 58.9 Å². The summed E-state index contributed by atoms with van der Waals surface area (Å²) >= 11 is 0. The minimum Gasteiger partial charge on any atom is -0.497 e. The lowest BCUT2D eigenvalue weighted by Crippen LogP contribution is -2.09. The van der Waals surface area contributed by atoms with Crippen molar-refractivity contribution in [1.82, 2.24) is 14.6 Å². The van der Waals surface area contributed by atoms with Crippen LogP contribution in [0.25, 0.3) is 27.8 Å². The molecule has 24 heavy (non-hydrogen) atoms. The largest absolute Gasteiger partial charge is 0.497 e. The lowest BCUT2D eigenvalue weighted by molar-refractivity contribution is 0.394. The molecule has 6 nitrogen and oxygen atoms in total. The SMILES string of the molecule is COc1cc(OC)cc(-c2cc3[nH]c(=O)c4ccccc4n3n2)c1. The fourth-order valence-corrected chi connectivity index (χ4v) is 2.78. The van der Waals surface area contributed by atoms with Crippen LogP contribution < -0.4 is 15.0 Å². The molecular weight excluding hydrogens is 306 g/mol. The Morgan fingerprint density at radius 3 is 2.42 bits per heavy atom. The molecule has 0 amide bonds. The predicted octanol–water partition coefficient (Wildman–Crippen LogP) is 2.86. The Labute approximate surface area is 137 Å². The molecule has 0 atom stereocenters. The van der Waals surface area contributed by atoms with Gasteiger partial charge in [0.15, 0.2) is 0 Å². The van der Waals surface area contributed by atoms with E-state index in [1.54, 1.807) is 30.9 Å². The van der Waals surface area contributed by atoms with Gasteiger partial charge >= 0.3 is 0 Å². The number of rotatable bonds is 3. The zero-order valence-corrected chi connectivity index (χ0v) is 13.2. The summed E-state index contributed by atoms with van der Waals surface area (Å²) in [7, 11) is 3.21. The molecule has 0 unspecified atom stereocenters. The number of nitrogens with one attached hydrogen (secondary N) is 1. The van der Waals surface area contributed by atoms with Gasteiger partial charge in [0.05, 0.1) is 30.8 Å². The molecule has 0 bridgehead atoms. The second kappa shape index (κ2) is 5.42. The first-order valence-corrected chi connectivity index (χ1v) is 7.44. The van der Waals surface area contributed by atoms with Gasteiger partial charge < -0.3 is 14.5 Å². The molecular formula is C18H15N3O3. The van der Waals surface area contributed by atoms with Gasteiger partial charge in [-0.05, 0) is 24.3 Å². The highest BCUT2D eigenvalue weighted by atomic mass is 16.5. The molecule has 120 valence electrons. The van der Waals surface area contributed by atoms with Gasteiger partial charge in [0, 0.05) is 17.7 Å². The first-order chi connectivity index (χ1) is 11.7. The number of aromatic amines is 1. The Balaban J connectivity index is 1.99. The standard InChI is InChI=1S/C18H15N3O3/c1-23-12-7-11(8-13(9-12)24-2)15-10-17-19-18(22)14-5-3-4-6-16(14)21(17)20-15/h3-10H,1-2H3,(H,19,22). The smallest absolute Gasteiger partial charge is 0.259 e. The van der Waals surface area contributed by atoms with Crippen LogP contribution in [-0.4, -0.2) is 28.8 Å². The Bertz CT molecular complexity index is 1090. The Morgan fingerprint density at radius 1 is 1.00 bits per heavy atom. The van der Waals surface area contributed by atoms with Gasteiger partial charge in [-0.1, -0.05) is 12.1 Å². The van der Waals surface area contributed by atoms with Crippen LogP contribution >= 0.6 is 0 Å². The number of nitrogens with zero attached hydrogens (tertiary/aromatic N) is 2. The third-order valence-electron chi connectivity index (χ3n) is 3.98. The summed E-state index contributed by atoms with van der Waals surface area (Å²) in [5.74, 6) is 1.36. The van der Waals surface area contributed by atoms with Gasteiger partial charge in [-0.15, -0.1) is 0 Å². The molecule has 0 fully saturated rings. The summed E-state index contributed by atoms with van der Waals surface area (Å²) in [6.07, 6.45) is 0. The van der Waals surface area contributed by atoms with Crippen molar-refractivity contribution < 1.29 is 9.47 Å². The van der Waals surface area contributed by atoms with Gasteiger partial charge in [0.2, 0.25) is 0 Å². The Kier molecular flexibility index (Phi) is 3.23. The van der Waals surface area contributed by atoms with Crippen LogP contribution in [0.4, 0.5) is 0 Å². The number of H-pyrrole nitrogens is 1. The van der Waals surface area contributed by atoms with Crippen molar-refractivity contribution in [1.29, 1.82) is 0 Å². The zero-order chi connectivity index (χ0) is 16.7. The Morgan fingerprint density at radius 2 is 1.71 bits per heavy atom. The third kappa shape index (κ3) is 2.20. The Hall–Kier alpha value is -3.28. The van der Waals surface area contributed by atoms with Crippen molar-refractivity contribution in [3.63, 3.8) is 0 Å². The molecule has 6 heteroatoms. The summed E-state index contributed by atoms with van der Waals surface area (Å²) in [5.41, 5.74) is 2.83. The van der Waals surface area contributed by atoms with Gasteiger partial charge in [-0.25, -0.2) is 4.52 Å². The topological polar surface area (TPSA) is 68.6 Å². The van der Waals surface area contributed by atoms with Crippen molar-refractivity contribution >= 4 is 16.6 Å². The number of para-hydroxylation sites is 1. The van der Waals surface area contributed by atoms with E-state index < -0.39 is 0 Å². The number of hydrogen-bond acceptors (Lipinski definition) is 4. The van der Waals surface area contributed by atoms with E-state index in [-0.39, 0.29) is 5.56 Å². The molecule has 0 aliphatic carbocycles. The highest BCUT2D eigenvalue weighted by molar-refractivity contribution is 5.81. The molecule has 4 aromatic rings. The van der Waals surface area contributed by atoms with Gasteiger partial charge in [0.25, 0.3) is 5.56 Å². The van der Waals surface area contributed by atoms with E-state index in [2.05, 4.69) is 10.1 Å². The quantitative estimate of drug-likeness (QED) is 0.630. The molecule has 4 rings (SSSR count). The van der Waals surface area contributed by atoms with E-state index in [0.29, 0.717) is 22.5 Å². The lowest BCUT2D eigenvalue weighted by Gasteiger charge is -2.06. The third-order valence-corrected chi connectivity index (χ3v) is 3.98. The first-order valence-electron chi connectivity index (χ1n) is 7.44. The highest BCUT2D eigenvalue weighted by Crippen LogP contribution is 2.29. The fourth-order valence-electron chi connectivity index (χ4n) is 2.78. The molecule has 0 aliphatic rings.